The number of carbonyl (C=O) groups is 2. The lowest BCUT2D eigenvalue weighted by molar-refractivity contribution is -0.119. The molecule has 1 aromatic carbocycles. The van der Waals surface area contributed by atoms with Gasteiger partial charge in [0.05, 0.1) is 5.69 Å². The van der Waals surface area contributed by atoms with E-state index >= 15 is 0 Å². The van der Waals surface area contributed by atoms with Gasteiger partial charge in [0, 0.05) is 25.1 Å². The summed E-state index contributed by atoms with van der Waals surface area (Å²) in [6.45, 7) is 3.19. The molecule has 0 spiro atoms. The number of nitrogens with one attached hydrogen (secondary N) is 2. The topological polar surface area (TPSA) is 84.2 Å². The maximum atomic E-state index is 13.3. The molecule has 0 radical (unpaired) electrons. The van der Waals surface area contributed by atoms with E-state index in [0.717, 1.165) is 0 Å². The van der Waals surface area contributed by atoms with Crippen molar-refractivity contribution in [1.82, 2.24) is 0 Å². The molecule has 4 N–H and O–H groups in total. The smallest absolute Gasteiger partial charge is 0.228 e. The second-order valence-electron chi connectivity index (χ2n) is 4.00. The van der Waals surface area contributed by atoms with Crippen molar-refractivity contribution in [3.8, 4) is 0 Å². The minimum absolute atomic E-state index is 0. The molecule has 7 heteroatoms. The van der Waals surface area contributed by atoms with Crippen molar-refractivity contribution < 1.29 is 14.0 Å². The van der Waals surface area contributed by atoms with E-state index in [1.54, 1.807) is 6.92 Å². The molecule has 0 aliphatic heterocycles. The molecule has 19 heavy (non-hydrogen) atoms. The first-order valence-corrected chi connectivity index (χ1v) is 5.52. The Morgan fingerprint density at radius 2 is 2.00 bits per heavy atom. The van der Waals surface area contributed by atoms with Gasteiger partial charge in [0.2, 0.25) is 11.8 Å². The number of carbonyl (C=O) groups excluding carboxylic acids is 2. The van der Waals surface area contributed by atoms with Crippen LogP contribution in [-0.4, -0.2) is 18.4 Å². The summed E-state index contributed by atoms with van der Waals surface area (Å²) < 4.78 is 13.3. The van der Waals surface area contributed by atoms with Crippen LogP contribution in [-0.2, 0) is 9.59 Å². The predicted octanol–water partition coefficient (Wildman–Crippen LogP) is 1.74. The van der Waals surface area contributed by atoms with Crippen LogP contribution >= 0.6 is 12.4 Å². The van der Waals surface area contributed by atoms with Crippen molar-refractivity contribution in [3.05, 3.63) is 24.0 Å². The Morgan fingerprint density at radius 3 is 2.53 bits per heavy atom. The van der Waals surface area contributed by atoms with Crippen molar-refractivity contribution >= 4 is 35.6 Å². The van der Waals surface area contributed by atoms with Crippen molar-refractivity contribution in [2.75, 3.05) is 17.2 Å². The van der Waals surface area contributed by atoms with Gasteiger partial charge in [-0.15, -0.1) is 12.4 Å². The zero-order chi connectivity index (χ0) is 13.7. The van der Waals surface area contributed by atoms with Crippen LogP contribution in [0.2, 0.25) is 0 Å². The van der Waals surface area contributed by atoms with Crippen LogP contribution in [0.3, 0.4) is 0 Å². The highest BCUT2D eigenvalue weighted by atomic mass is 35.5. The fourth-order valence-corrected chi connectivity index (χ4v) is 1.26. The lowest BCUT2D eigenvalue weighted by Gasteiger charge is -2.11. The quantitative estimate of drug-likeness (QED) is 0.789. The molecule has 0 saturated heterocycles. The average Bonchev–Trinajstić information content (AvgIpc) is 2.31. The summed E-state index contributed by atoms with van der Waals surface area (Å²) in [4.78, 5) is 22.5. The number of nitrogens with two attached hydrogens (primary N) is 1. The summed E-state index contributed by atoms with van der Waals surface area (Å²) in [5.74, 6) is -1.53. The molecule has 0 bridgehead atoms. The molecule has 0 heterocycles. The van der Waals surface area contributed by atoms with E-state index in [9.17, 15) is 14.0 Å². The average molecular weight is 290 g/mol. The Hall–Kier alpha value is -1.66. The summed E-state index contributed by atoms with van der Waals surface area (Å²) >= 11 is 0. The number of halogens is 2. The maximum Gasteiger partial charge on any atom is 0.228 e. The largest absolute Gasteiger partial charge is 0.330 e. The number of hydrogen-bond acceptors (Lipinski definition) is 3. The maximum absolute atomic E-state index is 13.3. The summed E-state index contributed by atoms with van der Waals surface area (Å²) in [6, 6.07) is 3.95. The minimum atomic E-state index is -0.560. The number of rotatable bonds is 4. The summed E-state index contributed by atoms with van der Waals surface area (Å²) in [6.07, 6.45) is 0. The fraction of sp³-hybridized carbons (Fsp3) is 0.333. The standard InChI is InChI=1S/C12H16FN3O2.ClH/c1-7(6-14)12(18)16-9-3-4-10(13)11(5-9)15-8(2)17;/h3-5,7H,6,14H2,1-2H3,(H,15,17)(H,16,18);1H. The lowest BCUT2D eigenvalue weighted by Crippen LogP contribution is -2.26. The molecule has 1 atom stereocenters. The third-order valence-corrected chi connectivity index (χ3v) is 2.35. The molecular formula is C12H17ClFN3O2. The van der Waals surface area contributed by atoms with Crippen molar-refractivity contribution in [2.45, 2.75) is 13.8 Å². The van der Waals surface area contributed by atoms with E-state index in [1.807, 2.05) is 0 Å². The van der Waals surface area contributed by atoms with Gasteiger partial charge in [-0.25, -0.2) is 4.39 Å². The van der Waals surface area contributed by atoms with Gasteiger partial charge in [-0.1, -0.05) is 6.92 Å². The van der Waals surface area contributed by atoms with E-state index in [4.69, 9.17) is 5.73 Å². The molecule has 1 rings (SSSR count). The van der Waals surface area contributed by atoms with Crippen molar-refractivity contribution in [2.24, 2.45) is 11.7 Å². The molecule has 1 aromatic rings. The number of anilines is 2. The molecule has 2 amide bonds. The zero-order valence-corrected chi connectivity index (χ0v) is 11.5. The molecule has 5 nitrogen and oxygen atoms in total. The SMILES string of the molecule is CC(=O)Nc1cc(NC(=O)C(C)CN)ccc1F.Cl. The van der Waals surface area contributed by atoms with Crippen LogP contribution in [0.4, 0.5) is 15.8 Å². The first-order chi connectivity index (χ1) is 8.43. The lowest BCUT2D eigenvalue weighted by atomic mass is 10.1. The summed E-state index contributed by atoms with van der Waals surface area (Å²) in [7, 11) is 0. The van der Waals surface area contributed by atoms with Gasteiger partial charge in [-0.2, -0.15) is 0 Å². The van der Waals surface area contributed by atoms with Crippen molar-refractivity contribution in [3.63, 3.8) is 0 Å². The fourth-order valence-electron chi connectivity index (χ4n) is 1.26. The highest BCUT2D eigenvalue weighted by molar-refractivity contribution is 5.94. The highest BCUT2D eigenvalue weighted by Gasteiger charge is 2.12. The molecule has 1 unspecified atom stereocenters. The zero-order valence-electron chi connectivity index (χ0n) is 10.7. The van der Waals surface area contributed by atoms with Gasteiger partial charge in [0.1, 0.15) is 5.82 Å². The van der Waals surface area contributed by atoms with Crippen LogP contribution in [0.1, 0.15) is 13.8 Å². The number of hydrogen-bond donors (Lipinski definition) is 3. The Bertz CT molecular complexity index is 468. The second-order valence-corrected chi connectivity index (χ2v) is 4.00. The number of amides is 2. The summed E-state index contributed by atoms with van der Waals surface area (Å²) in [5.41, 5.74) is 5.80. The molecule has 0 aliphatic rings. The second kappa shape index (κ2) is 7.70. The Kier molecular flexibility index (Phi) is 7.03. The van der Waals surface area contributed by atoms with Crippen LogP contribution < -0.4 is 16.4 Å². The van der Waals surface area contributed by atoms with E-state index in [0.29, 0.717) is 5.69 Å². The van der Waals surface area contributed by atoms with Gasteiger partial charge < -0.3 is 16.4 Å². The highest BCUT2D eigenvalue weighted by Crippen LogP contribution is 2.20. The predicted molar refractivity (Wildman–Crippen MR) is 74.8 cm³/mol. The third kappa shape index (κ3) is 5.23. The van der Waals surface area contributed by atoms with Gasteiger partial charge in [-0.3, -0.25) is 9.59 Å². The monoisotopic (exact) mass is 289 g/mol. The van der Waals surface area contributed by atoms with E-state index in [1.165, 1.54) is 25.1 Å². The normalized spacial score (nSPS) is 11.2. The number of benzene rings is 1. The molecule has 0 saturated carbocycles. The van der Waals surface area contributed by atoms with E-state index in [-0.39, 0.29) is 42.4 Å². The Balaban J connectivity index is 0.00000324. The van der Waals surface area contributed by atoms with Gasteiger partial charge in [0.25, 0.3) is 0 Å². The van der Waals surface area contributed by atoms with Crippen LogP contribution in [0, 0.1) is 11.7 Å². The Labute approximate surface area is 117 Å². The molecule has 0 aromatic heterocycles. The first-order valence-electron chi connectivity index (χ1n) is 5.52. The van der Waals surface area contributed by atoms with Crippen LogP contribution in [0.5, 0.6) is 0 Å². The molecule has 0 aliphatic carbocycles. The Morgan fingerprint density at radius 1 is 1.37 bits per heavy atom. The first kappa shape index (κ1) is 17.3. The minimum Gasteiger partial charge on any atom is -0.330 e. The van der Waals surface area contributed by atoms with E-state index in [2.05, 4.69) is 10.6 Å². The molecule has 0 fully saturated rings. The molecular weight excluding hydrogens is 273 g/mol. The summed E-state index contributed by atoms with van der Waals surface area (Å²) in [5, 5.41) is 4.94. The van der Waals surface area contributed by atoms with Crippen LogP contribution in [0.15, 0.2) is 18.2 Å². The molecule has 106 valence electrons. The van der Waals surface area contributed by atoms with Crippen LogP contribution in [0.25, 0.3) is 0 Å². The van der Waals surface area contributed by atoms with E-state index < -0.39 is 5.82 Å². The van der Waals surface area contributed by atoms with Crippen molar-refractivity contribution in [1.29, 1.82) is 0 Å². The van der Waals surface area contributed by atoms with Gasteiger partial charge >= 0.3 is 0 Å². The van der Waals surface area contributed by atoms with Gasteiger partial charge in [-0.05, 0) is 18.2 Å². The third-order valence-electron chi connectivity index (χ3n) is 2.35. The van der Waals surface area contributed by atoms with Gasteiger partial charge in [0.15, 0.2) is 0 Å².